The first kappa shape index (κ1) is 65.8. The van der Waals surface area contributed by atoms with Crippen molar-refractivity contribution in [2.75, 3.05) is 13.2 Å². The zero-order chi connectivity index (χ0) is 56.6. The molecule has 0 rings (SSSR count). The van der Waals surface area contributed by atoms with Crippen LogP contribution in [0.15, 0.2) is 5.11 Å². The standard InChI is InChI=1S/C28H58BN4O2PSi.C28H60BN2O2PSi/c1-3-5-7-9-11-12-13-14-16-18-20-22-28(34)31-26(21-19-17-15-10-8-6-4-2)23-24-27(32-33-30)25-35-37(29)36;1-3-5-7-9-11-12-13-14-16-18-20-22-28(32)31-27(21-19-17-15-10-8-6-4-2)24-23-26(30)25-33-35(29)34/h26-27,37H,3-25,36H2,1-2H3,(H,31,34);26-27,35H,3-25,30,34H2,1-2H3,(H,31,32)/t26?,27-,37?;26-,27?,35?/m11/s1/i36T,37D;34T,35D/t26?,27-,36?,37?;26-,27?,34?,35?. The van der Waals surface area contributed by atoms with E-state index in [-0.39, 0.29) is 43.2 Å². The van der Waals surface area contributed by atoms with E-state index in [1.165, 1.54) is 193 Å². The highest BCUT2D eigenvalue weighted by Gasteiger charge is 2.17. The van der Waals surface area contributed by atoms with Crippen molar-refractivity contribution in [1.29, 1.82) is 5.03 Å². The predicted molar refractivity (Wildman–Crippen MR) is 328 cm³/mol. The Morgan fingerprint density at radius 1 is 0.528 bits per heavy atom. The molecule has 0 heterocycles. The maximum Gasteiger partial charge on any atom is 0.220 e. The summed E-state index contributed by atoms with van der Waals surface area (Å²) < 4.78 is 41.3. The summed E-state index contributed by atoms with van der Waals surface area (Å²) in [4.78, 5) is 28.3. The van der Waals surface area contributed by atoms with Gasteiger partial charge in [0.25, 0.3) is 0 Å². The highest BCUT2D eigenvalue weighted by Crippen LogP contribution is 2.18. The van der Waals surface area contributed by atoms with Crippen LogP contribution in [-0.4, -0.2) is 86.1 Å². The van der Waals surface area contributed by atoms with E-state index in [0.29, 0.717) is 25.7 Å². The minimum Gasteiger partial charge on any atom is -0.425 e. The van der Waals surface area contributed by atoms with Gasteiger partial charge in [-0.05, 0) is 56.9 Å². The molecule has 8 atom stereocenters. The van der Waals surface area contributed by atoms with Crippen LogP contribution in [0.25, 0.3) is 10.4 Å². The van der Waals surface area contributed by atoms with Crippen LogP contribution in [0.4, 0.5) is 0 Å². The van der Waals surface area contributed by atoms with Gasteiger partial charge in [0.05, 0.1) is 23.5 Å². The van der Waals surface area contributed by atoms with Crippen molar-refractivity contribution in [2.24, 2.45) is 10.8 Å². The lowest BCUT2D eigenvalue weighted by molar-refractivity contribution is -0.122. The number of rotatable bonds is 57. The van der Waals surface area contributed by atoms with Crippen LogP contribution >= 0.6 is 17.5 Å². The van der Waals surface area contributed by atoms with Gasteiger partial charge in [-0.1, -0.05) is 251 Å². The van der Waals surface area contributed by atoms with Gasteiger partial charge in [0, 0.05) is 51.6 Å². The molecular weight excluding hydrogens is 960 g/mol. The molecule has 420 valence electrons. The first-order valence-electron chi connectivity index (χ1n) is 32.3. The van der Waals surface area contributed by atoms with Crippen LogP contribution in [0.3, 0.4) is 0 Å². The molecule has 0 saturated heterocycles. The largest absolute Gasteiger partial charge is 0.425 e. The van der Waals surface area contributed by atoms with Gasteiger partial charge in [-0.2, -0.15) is 0 Å². The van der Waals surface area contributed by atoms with Crippen molar-refractivity contribution >= 4 is 61.2 Å². The van der Waals surface area contributed by atoms with Crippen molar-refractivity contribution < 1.29 is 18.4 Å². The molecule has 0 aromatic carbocycles. The minimum atomic E-state index is -3.24. The maximum absolute atomic E-state index is 12.7. The van der Waals surface area contributed by atoms with Crippen molar-refractivity contribution in [2.45, 2.75) is 334 Å². The summed E-state index contributed by atoms with van der Waals surface area (Å²) in [5, 5.41) is 10.4. The number of amides is 2. The van der Waals surface area contributed by atoms with Gasteiger partial charge in [-0.3, -0.25) is 9.59 Å². The summed E-state index contributed by atoms with van der Waals surface area (Å²) in [7, 11) is 4.19. The number of hydrogen-bond acceptors (Lipinski definition) is 6. The molecule has 0 bridgehead atoms. The van der Waals surface area contributed by atoms with Gasteiger partial charge in [-0.25, -0.2) is 0 Å². The zero-order valence-corrected chi connectivity index (χ0v) is 51.5. The Morgan fingerprint density at radius 3 is 1.17 bits per heavy atom. The first-order chi connectivity index (χ1) is 36.7. The normalized spacial score (nSPS) is 15.8. The third-order valence-electron chi connectivity index (χ3n) is 13.9. The maximum atomic E-state index is 12.7. The Balaban J connectivity index is 0. The molecule has 6 unspecified atom stereocenters. The topological polar surface area (TPSA) is 151 Å². The van der Waals surface area contributed by atoms with Crippen LogP contribution in [-0.2, 0) is 18.4 Å². The van der Waals surface area contributed by atoms with Crippen LogP contribution < -0.4 is 16.4 Å². The fourth-order valence-corrected chi connectivity index (χ4v) is 10.6. The van der Waals surface area contributed by atoms with Gasteiger partial charge >= 0.3 is 0 Å². The third kappa shape index (κ3) is 58.8. The average molecular weight is 1090 g/mol. The lowest BCUT2D eigenvalue weighted by atomic mass is 9.99. The fraction of sp³-hybridized carbons (Fsp3) is 0.964. The lowest BCUT2D eigenvalue weighted by Gasteiger charge is -2.21. The van der Waals surface area contributed by atoms with Crippen LogP contribution in [0.2, 0.25) is 0 Å². The van der Waals surface area contributed by atoms with Crippen LogP contribution in [0, 0.1) is 0 Å². The average Bonchev–Trinajstić information content (AvgIpc) is 3.40. The molecule has 10 nitrogen and oxygen atoms in total. The molecule has 0 aliphatic heterocycles. The Kier molecular flexibility index (Phi) is 54.7. The molecule has 4 N–H and O–H groups in total. The summed E-state index contributed by atoms with van der Waals surface area (Å²) in [5.41, 5.74) is 15.2. The molecule has 72 heavy (non-hydrogen) atoms. The van der Waals surface area contributed by atoms with E-state index >= 15 is 0 Å². The molecule has 0 fully saturated rings. The molecule has 0 aliphatic carbocycles. The SMILES string of the molecule is [2H][Si]([B])(OC[C@@H](CCC(CCCCCCCCC)NC(=O)CCCCCCCCCCCCC)N=[N+]=[N-])P[3H].[2H][Si]([B])(OC[C@H](N)CCC(CCCCCCCCC)NC(=O)CCCCCCCCCCCCC)P[3H]. The number of carbonyl (C=O) groups excluding carboxylic acids is 2. The number of unbranched alkanes of at least 4 members (excludes halogenated alkanes) is 32. The first-order valence-corrected chi connectivity index (χ1v) is 36.3. The molecular formula is C56H118B2N6O4P2Si2. The second-order valence-corrected chi connectivity index (χ2v) is 26.0. The van der Waals surface area contributed by atoms with Gasteiger partial charge < -0.3 is 25.2 Å². The van der Waals surface area contributed by atoms with Gasteiger partial charge in [-0.15, -0.1) is 17.5 Å². The summed E-state index contributed by atoms with van der Waals surface area (Å²) in [5.74, 6) is 0.286. The van der Waals surface area contributed by atoms with Crippen molar-refractivity contribution in [3.63, 3.8) is 0 Å². The summed E-state index contributed by atoms with van der Waals surface area (Å²) in [6.07, 6.45) is 51.5. The number of hydrogen-bond donors (Lipinski definition) is 3. The van der Waals surface area contributed by atoms with E-state index in [2.05, 4.69) is 48.4 Å². The molecule has 0 aromatic heterocycles. The van der Waals surface area contributed by atoms with E-state index in [1.807, 2.05) is 0 Å². The monoisotopic (exact) mass is 1080 g/mol. The lowest BCUT2D eigenvalue weighted by Crippen LogP contribution is -2.37. The van der Waals surface area contributed by atoms with E-state index in [4.69, 9.17) is 40.0 Å². The zero-order valence-electron chi connectivity index (χ0n) is 51.5. The quantitative estimate of drug-likeness (QED) is 0.0138. The Morgan fingerprint density at radius 2 is 0.833 bits per heavy atom. The number of carbonyl (C=O) groups is 2. The Bertz CT molecular complexity index is 1350. The fourth-order valence-electron chi connectivity index (χ4n) is 9.29. The molecule has 16 heteroatoms. The second kappa shape index (κ2) is 59.8. The molecule has 0 spiro atoms. The number of nitrogens with zero attached hydrogens (tertiary/aromatic N) is 3. The van der Waals surface area contributed by atoms with E-state index < -0.39 is 40.5 Å². The Hall–Kier alpha value is -0.446. The van der Waals surface area contributed by atoms with Crippen LogP contribution in [0.1, 0.15) is 310 Å². The Labute approximate surface area is 462 Å². The summed E-state index contributed by atoms with van der Waals surface area (Å²) in [6.45, 7) is 9.29. The number of nitrogens with one attached hydrogen (secondary N) is 2. The summed E-state index contributed by atoms with van der Waals surface area (Å²) in [6, 6.07) is -0.452. The van der Waals surface area contributed by atoms with Crippen molar-refractivity contribution in [3.8, 4) is 0 Å². The van der Waals surface area contributed by atoms with Crippen LogP contribution in [0.5, 0.6) is 0 Å². The smallest absolute Gasteiger partial charge is 0.220 e. The van der Waals surface area contributed by atoms with E-state index in [0.717, 1.165) is 64.2 Å². The van der Waals surface area contributed by atoms with E-state index in [1.54, 1.807) is 0 Å². The highest BCUT2D eigenvalue weighted by molar-refractivity contribution is 7.71. The molecule has 4 radical (unpaired) electrons. The van der Waals surface area contributed by atoms with Gasteiger partial charge in [0.2, 0.25) is 11.8 Å². The third-order valence-corrected chi connectivity index (χ3v) is 15.7. The molecule has 2 amide bonds. The van der Waals surface area contributed by atoms with Gasteiger partial charge in [0.15, 0.2) is 0 Å². The van der Waals surface area contributed by atoms with E-state index in [9.17, 15) is 9.59 Å². The number of azide groups is 1. The minimum absolute atomic E-state index is 0.0474. The second-order valence-electron chi connectivity index (χ2n) is 21.0. The van der Waals surface area contributed by atoms with Gasteiger partial charge in [0.1, 0.15) is 17.0 Å². The number of nitrogens with two attached hydrogens (primary N) is 1. The molecule has 0 aromatic rings. The molecule has 0 saturated carbocycles. The predicted octanol–water partition coefficient (Wildman–Crippen LogP) is 15.7. The summed E-state index contributed by atoms with van der Waals surface area (Å²) >= 11 is 0. The van der Waals surface area contributed by atoms with Crippen molar-refractivity contribution in [3.05, 3.63) is 10.4 Å². The molecule has 0 aliphatic rings. The van der Waals surface area contributed by atoms with Crippen molar-refractivity contribution in [1.82, 2.24) is 10.6 Å². The highest BCUT2D eigenvalue weighted by atomic mass is 31.3.